The summed E-state index contributed by atoms with van der Waals surface area (Å²) in [6.45, 7) is 0.557. The molecule has 7 nitrogen and oxygen atoms in total. The van der Waals surface area contributed by atoms with E-state index < -0.39 is 0 Å². The van der Waals surface area contributed by atoms with Crippen molar-refractivity contribution in [1.82, 2.24) is 24.9 Å². The molecule has 3 aromatic heterocycles. The minimum atomic E-state index is -0.0984. The Balaban J connectivity index is 1.30. The zero-order valence-corrected chi connectivity index (χ0v) is 17.8. The summed E-state index contributed by atoms with van der Waals surface area (Å²) in [6.07, 6.45) is 4.29. The molecule has 0 unspecified atom stereocenters. The highest BCUT2D eigenvalue weighted by atomic mass is 16.1. The van der Waals surface area contributed by atoms with E-state index in [1.54, 1.807) is 10.7 Å². The van der Waals surface area contributed by atoms with Gasteiger partial charge < -0.3 is 10.6 Å². The molecule has 0 fully saturated rings. The second kappa shape index (κ2) is 9.32. The highest BCUT2D eigenvalue weighted by Crippen LogP contribution is 2.22. The van der Waals surface area contributed by atoms with Crippen LogP contribution in [0.4, 0.5) is 11.6 Å². The molecule has 3 heterocycles. The van der Waals surface area contributed by atoms with Crippen molar-refractivity contribution < 1.29 is 4.79 Å². The van der Waals surface area contributed by atoms with Crippen LogP contribution in [0.3, 0.4) is 0 Å². The van der Waals surface area contributed by atoms with Crippen molar-refractivity contribution in [2.75, 3.05) is 11.9 Å². The number of carbonyl (C=O) groups excluding carboxylic acids is 1. The van der Waals surface area contributed by atoms with Gasteiger partial charge in [0.05, 0.1) is 5.69 Å². The van der Waals surface area contributed by atoms with Crippen molar-refractivity contribution in [3.8, 4) is 11.3 Å². The smallest absolute Gasteiger partial charge is 0.251 e. The Bertz CT molecular complexity index is 1360. The number of rotatable bonds is 7. The van der Waals surface area contributed by atoms with Crippen LogP contribution in [-0.2, 0) is 6.42 Å². The molecule has 0 bridgehead atoms. The van der Waals surface area contributed by atoms with Crippen molar-refractivity contribution >= 4 is 23.2 Å². The number of fused-ring (bicyclic) bond motifs is 1. The number of anilines is 2. The Labute approximate surface area is 191 Å². The van der Waals surface area contributed by atoms with Crippen LogP contribution in [0.2, 0.25) is 0 Å². The summed E-state index contributed by atoms with van der Waals surface area (Å²) in [5, 5.41) is 10.8. The summed E-state index contributed by atoms with van der Waals surface area (Å²) in [6, 6.07) is 27.1. The first-order chi connectivity index (χ1) is 16.3. The van der Waals surface area contributed by atoms with Gasteiger partial charge in [0.1, 0.15) is 0 Å². The molecule has 7 heteroatoms. The Hall–Kier alpha value is -4.52. The minimum absolute atomic E-state index is 0.0984. The molecule has 5 rings (SSSR count). The predicted molar refractivity (Wildman–Crippen MR) is 128 cm³/mol. The van der Waals surface area contributed by atoms with Crippen LogP contribution < -0.4 is 10.6 Å². The van der Waals surface area contributed by atoms with E-state index in [-0.39, 0.29) is 5.91 Å². The molecule has 162 valence electrons. The number of amides is 1. The SMILES string of the molecule is O=C(NCCc1cccnc1)c1ccc(-c2cccc3nc(Nc4ccccc4)nn23)cc1. The Morgan fingerprint density at radius 3 is 2.52 bits per heavy atom. The normalized spacial score (nSPS) is 10.8. The van der Waals surface area contributed by atoms with Gasteiger partial charge in [-0.15, -0.1) is 5.10 Å². The molecule has 0 aliphatic heterocycles. The Morgan fingerprint density at radius 2 is 1.73 bits per heavy atom. The maximum atomic E-state index is 12.5. The second-order valence-corrected chi connectivity index (χ2v) is 7.55. The molecule has 2 aromatic carbocycles. The highest BCUT2D eigenvalue weighted by Gasteiger charge is 2.11. The van der Waals surface area contributed by atoms with E-state index in [1.165, 1.54) is 0 Å². The van der Waals surface area contributed by atoms with Gasteiger partial charge in [0, 0.05) is 35.8 Å². The van der Waals surface area contributed by atoms with Gasteiger partial charge in [-0.1, -0.05) is 42.5 Å². The lowest BCUT2D eigenvalue weighted by Crippen LogP contribution is -2.25. The molecule has 1 amide bonds. The maximum Gasteiger partial charge on any atom is 0.251 e. The van der Waals surface area contributed by atoms with E-state index >= 15 is 0 Å². The summed E-state index contributed by atoms with van der Waals surface area (Å²) in [5.74, 6) is 0.428. The molecular weight excluding hydrogens is 412 g/mol. The summed E-state index contributed by atoms with van der Waals surface area (Å²) >= 11 is 0. The first-order valence-electron chi connectivity index (χ1n) is 10.7. The number of carbonyl (C=O) groups is 1. The zero-order chi connectivity index (χ0) is 22.5. The van der Waals surface area contributed by atoms with Crippen LogP contribution in [0.25, 0.3) is 16.9 Å². The first-order valence-corrected chi connectivity index (χ1v) is 10.7. The monoisotopic (exact) mass is 434 g/mol. The van der Waals surface area contributed by atoms with Gasteiger partial charge in [-0.05, 0) is 54.4 Å². The molecule has 0 aliphatic rings. The number of nitrogens with zero attached hydrogens (tertiary/aromatic N) is 4. The van der Waals surface area contributed by atoms with E-state index in [0.717, 1.165) is 34.6 Å². The first kappa shape index (κ1) is 20.4. The largest absolute Gasteiger partial charge is 0.352 e. The fourth-order valence-electron chi connectivity index (χ4n) is 3.59. The van der Waals surface area contributed by atoms with Gasteiger partial charge >= 0.3 is 0 Å². The molecule has 0 saturated carbocycles. The number of hydrogen-bond donors (Lipinski definition) is 2. The van der Waals surface area contributed by atoms with Crippen molar-refractivity contribution in [2.24, 2.45) is 0 Å². The van der Waals surface area contributed by atoms with E-state index in [0.29, 0.717) is 18.1 Å². The zero-order valence-electron chi connectivity index (χ0n) is 17.8. The van der Waals surface area contributed by atoms with Crippen molar-refractivity contribution in [1.29, 1.82) is 0 Å². The fourth-order valence-corrected chi connectivity index (χ4v) is 3.59. The van der Waals surface area contributed by atoms with Crippen LogP contribution in [0, 0.1) is 0 Å². The van der Waals surface area contributed by atoms with Crippen molar-refractivity contribution in [3.63, 3.8) is 0 Å². The number of hydrogen-bond acceptors (Lipinski definition) is 5. The van der Waals surface area contributed by atoms with Gasteiger partial charge in [0.15, 0.2) is 5.65 Å². The summed E-state index contributed by atoms with van der Waals surface area (Å²) in [5.41, 5.74) is 5.21. The second-order valence-electron chi connectivity index (χ2n) is 7.55. The van der Waals surface area contributed by atoms with Crippen LogP contribution >= 0.6 is 0 Å². The van der Waals surface area contributed by atoms with Gasteiger partial charge in [0.2, 0.25) is 5.95 Å². The predicted octanol–water partition coefficient (Wildman–Crippen LogP) is 4.51. The quantitative estimate of drug-likeness (QED) is 0.394. The maximum absolute atomic E-state index is 12.5. The number of aromatic nitrogens is 4. The average molecular weight is 435 g/mol. The molecule has 0 radical (unpaired) electrons. The topological polar surface area (TPSA) is 84.2 Å². The lowest BCUT2D eigenvalue weighted by Gasteiger charge is -2.07. The molecule has 0 spiro atoms. The number of nitrogens with one attached hydrogen (secondary N) is 2. The molecule has 5 aromatic rings. The number of para-hydroxylation sites is 1. The van der Waals surface area contributed by atoms with Crippen LogP contribution in [0.1, 0.15) is 15.9 Å². The lowest BCUT2D eigenvalue weighted by atomic mass is 10.1. The summed E-state index contributed by atoms with van der Waals surface area (Å²) in [7, 11) is 0. The Morgan fingerprint density at radius 1 is 0.879 bits per heavy atom. The molecule has 0 aliphatic carbocycles. The Kier molecular flexibility index (Phi) is 5.75. The van der Waals surface area contributed by atoms with E-state index in [4.69, 9.17) is 0 Å². The van der Waals surface area contributed by atoms with E-state index in [9.17, 15) is 4.79 Å². The van der Waals surface area contributed by atoms with Gasteiger partial charge in [-0.3, -0.25) is 9.78 Å². The average Bonchev–Trinajstić information content (AvgIpc) is 3.28. The van der Waals surface area contributed by atoms with Gasteiger partial charge in [0.25, 0.3) is 5.91 Å². The number of benzene rings is 2. The molecule has 33 heavy (non-hydrogen) atoms. The third-order valence-electron chi connectivity index (χ3n) is 5.25. The van der Waals surface area contributed by atoms with Crippen LogP contribution in [0.5, 0.6) is 0 Å². The summed E-state index contributed by atoms with van der Waals surface area (Å²) < 4.78 is 1.80. The van der Waals surface area contributed by atoms with Crippen molar-refractivity contribution in [3.05, 3.63) is 108 Å². The molecule has 0 saturated heterocycles. The van der Waals surface area contributed by atoms with Crippen LogP contribution in [-0.4, -0.2) is 32.0 Å². The van der Waals surface area contributed by atoms with E-state index in [2.05, 4.69) is 25.7 Å². The molecular formula is C26H22N6O. The van der Waals surface area contributed by atoms with Crippen molar-refractivity contribution in [2.45, 2.75) is 6.42 Å². The minimum Gasteiger partial charge on any atom is -0.352 e. The third-order valence-corrected chi connectivity index (χ3v) is 5.25. The lowest BCUT2D eigenvalue weighted by molar-refractivity contribution is 0.0954. The van der Waals surface area contributed by atoms with Crippen LogP contribution in [0.15, 0.2) is 97.3 Å². The molecule has 0 atom stereocenters. The molecule has 2 N–H and O–H groups in total. The summed E-state index contributed by atoms with van der Waals surface area (Å²) in [4.78, 5) is 21.2. The third kappa shape index (κ3) is 4.72. The van der Waals surface area contributed by atoms with Gasteiger partial charge in [-0.25, -0.2) is 4.52 Å². The van der Waals surface area contributed by atoms with Gasteiger partial charge in [-0.2, -0.15) is 4.98 Å². The standard InChI is InChI=1S/C26H22N6O/c33-25(28-17-15-19-6-5-16-27-18-19)21-13-11-20(12-14-21)23-9-4-10-24-30-26(31-32(23)24)29-22-7-2-1-3-8-22/h1-14,16,18H,15,17H2,(H,28,33)(H,29,31). The highest BCUT2D eigenvalue weighted by molar-refractivity contribution is 5.94. The van der Waals surface area contributed by atoms with E-state index in [1.807, 2.05) is 91.1 Å². The fraction of sp³-hybridized carbons (Fsp3) is 0.0769. The number of pyridine rings is 2.